The molecule has 0 spiro atoms. The van der Waals surface area contributed by atoms with Gasteiger partial charge in [-0.2, -0.15) is 0 Å². The zero-order valence-electron chi connectivity index (χ0n) is 10.5. The summed E-state index contributed by atoms with van der Waals surface area (Å²) in [6.07, 6.45) is 9.51. The van der Waals surface area contributed by atoms with Crippen molar-refractivity contribution in [1.29, 1.82) is 0 Å². The molecule has 1 aromatic rings. The number of rotatable bonds is 3. The maximum absolute atomic E-state index is 11.6. The predicted octanol–water partition coefficient (Wildman–Crippen LogP) is 1.08. The molecule has 0 aromatic carbocycles. The van der Waals surface area contributed by atoms with Gasteiger partial charge in [0.05, 0.1) is 5.25 Å². The summed E-state index contributed by atoms with van der Waals surface area (Å²) in [5.74, 6) is 0.199. The molecule has 3 atom stereocenters. The van der Waals surface area contributed by atoms with Crippen molar-refractivity contribution in [3.8, 4) is 0 Å². The van der Waals surface area contributed by atoms with Crippen molar-refractivity contribution in [1.82, 2.24) is 9.97 Å². The van der Waals surface area contributed by atoms with Crippen LogP contribution in [0.25, 0.3) is 0 Å². The van der Waals surface area contributed by atoms with E-state index in [1.807, 2.05) is 0 Å². The molecular weight excluding hydrogens is 250 g/mol. The fourth-order valence-corrected chi connectivity index (χ4v) is 3.84. The van der Waals surface area contributed by atoms with Crippen LogP contribution in [-0.4, -0.2) is 29.9 Å². The fourth-order valence-electron chi connectivity index (χ4n) is 2.65. The highest BCUT2D eigenvalue weighted by molar-refractivity contribution is 7.91. The minimum Gasteiger partial charge on any atom is -0.324 e. The highest BCUT2D eigenvalue weighted by atomic mass is 32.2. The van der Waals surface area contributed by atoms with E-state index in [0.717, 1.165) is 24.8 Å². The number of nitrogens with two attached hydrogens (primary N) is 1. The quantitative estimate of drug-likeness (QED) is 0.887. The normalized spacial score (nSPS) is 26.8. The third kappa shape index (κ3) is 3.05. The molecule has 1 saturated carbocycles. The van der Waals surface area contributed by atoms with Crippen LogP contribution in [0.4, 0.5) is 0 Å². The summed E-state index contributed by atoms with van der Waals surface area (Å²) in [5, 5.41) is -0.244. The summed E-state index contributed by atoms with van der Waals surface area (Å²) in [5.41, 5.74) is 7.09. The van der Waals surface area contributed by atoms with E-state index in [1.54, 1.807) is 12.4 Å². The van der Waals surface area contributed by atoms with E-state index in [4.69, 9.17) is 5.73 Å². The highest BCUT2D eigenvalue weighted by Gasteiger charge is 2.32. The van der Waals surface area contributed by atoms with Crippen LogP contribution < -0.4 is 5.73 Å². The van der Waals surface area contributed by atoms with Gasteiger partial charge in [-0.15, -0.1) is 0 Å². The molecule has 1 heterocycles. The molecule has 18 heavy (non-hydrogen) atoms. The van der Waals surface area contributed by atoms with Gasteiger partial charge in [0.2, 0.25) is 0 Å². The van der Waals surface area contributed by atoms with Crippen LogP contribution in [0.2, 0.25) is 0 Å². The van der Waals surface area contributed by atoms with Crippen LogP contribution in [0, 0.1) is 5.92 Å². The number of aromatic nitrogens is 2. The Hall–Kier alpha value is -1.01. The molecule has 2 rings (SSSR count). The van der Waals surface area contributed by atoms with Crippen LogP contribution in [0.5, 0.6) is 0 Å². The molecule has 0 radical (unpaired) electrons. The maximum atomic E-state index is 11.6. The first kappa shape index (κ1) is 13.4. The summed E-state index contributed by atoms with van der Waals surface area (Å²) < 4.78 is 23.3. The molecule has 0 saturated heterocycles. The Morgan fingerprint density at radius 1 is 1.33 bits per heavy atom. The van der Waals surface area contributed by atoms with Gasteiger partial charge in [0, 0.05) is 30.3 Å². The average molecular weight is 269 g/mol. The lowest BCUT2D eigenvalue weighted by atomic mass is 9.82. The number of hydrogen-bond donors (Lipinski definition) is 1. The lowest BCUT2D eigenvalue weighted by Gasteiger charge is -2.31. The minimum absolute atomic E-state index is 0.171. The second kappa shape index (κ2) is 5.32. The van der Waals surface area contributed by atoms with Gasteiger partial charge >= 0.3 is 0 Å². The summed E-state index contributed by atoms with van der Waals surface area (Å²) >= 11 is 0. The third-order valence-electron chi connectivity index (χ3n) is 3.75. The molecule has 0 amide bonds. The molecule has 0 bridgehead atoms. The first-order valence-corrected chi connectivity index (χ1v) is 8.13. The molecule has 1 aliphatic carbocycles. The van der Waals surface area contributed by atoms with Gasteiger partial charge in [-0.05, 0) is 25.2 Å². The van der Waals surface area contributed by atoms with Crippen molar-refractivity contribution in [2.75, 3.05) is 6.26 Å². The van der Waals surface area contributed by atoms with E-state index in [1.165, 1.54) is 12.6 Å². The highest BCUT2D eigenvalue weighted by Crippen LogP contribution is 2.35. The Bertz CT molecular complexity index is 489. The van der Waals surface area contributed by atoms with E-state index in [-0.39, 0.29) is 17.2 Å². The zero-order chi connectivity index (χ0) is 13.2. The van der Waals surface area contributed by atoms with Crippen molar-refractivity contribution in [3.63, 3.8) is 0 Å². The Morgan fingerprint density at radius 3 is 2.61 bits per heavy atom. The van der Waals surface area contributed by atoms with Crippen LogP contribution in [0.3, 0.4) is 0 Å². The molecule has 5 nitrogen and oxygen atoms in total. The second-order valence-corrected chi connectivity index (χ2v) is 7.40. The maximum Gasteiger partial charge on any atom is 0.150 e. The van der Waals surface area contributed by atoms with Crippen LogP contribution >= 0.6 is 0 Å². The molecule has 1 aliphatic rings. The molecular formula is C12H19N3O2S. The summed E-state index contributed by atoms with van der Waals surface area (Å²) in [6, 6.07) is -0.171. The number of nitrogens with zero attached hydrogens (tertiary/aromatic N) is 2. The molecule has 6 heteroatoms. The van der Waals surface area contributed by atoms with E-state index >= 15 is 0 Å². The monoisotopic (exact) mass is 269 g/mol. The van der Waals surface area contributed by atoms with Crippen LogP contribution in [0.15, 0.2) is 18.7 Å². The van der Waals surface area contributed by atoms with E-state index in [0.29, 0.717) is 6.42 Å². The topological polar surface area (TPSA) is 85.9 Å². The van der Waals surface area contributed by atoms with Crippen molar-refractivity contribution < 1.29 is 8.42 Å². The molecule has 0 aliphatic heterocycles. The molecule has 1 fully saturated rings. The van der Waals surface area contributed by atoms with Crippen molar-refractivity contribution >= 4 is 9.84 Å². The summed E-state index contributed by atoms with van der Waals surface area (Å²) in [6.45, 7) is 0. The van der Waals surface area contributed by atoms with Gasteiger partial charge in [0.15, 0.2) is 0 Å². The Balaban J connectivity index is 2.10. The van der Waals surface area contributed by atoms with Crippen LogP contribution in [0.1, 0.15) is 37.3 Å². The van der Waals surface area contributed by atoms with Gasteiger partial charge in [-0.1, -0.05) is 6.42 Å². The van der Waals surface area contributed by atoms with Gasteiger partial charge in [-0.3, -0.25) is 0 Å². The lowest BCUT2D eigenvalue weighted by Crippen LogP contribution is -2.33. The smallest absolute Gasteiger partial charge is 0.150 e. The van der Waals surface area contributed by atoms with Crippen LogP contribution in [-0.2, 0) is 9.84 Å². The fraction of sp³-hybridized carbons (Fsp3) is 0.667. The van der Waals surface area contributed by atoms with Crippen molar-refractivity contribution in [2.24, 2.45) is 11.7 Å². The van der Waals surface area contributed by atoms with Gasteiger partial charge in [-0.25, -0.2) is 18.4 Å². The predicted molar refractivity (Wildman–Crippen MR) is 69.6 cm³/mol. The second-order valence-electron chi connectivity index (χ2n) is 5.08. The standard InChI is InChI=1S/C12H19N3O2S/c1-18(16,17)11-4-2-3-9(5-11)12(13)10-6-14-8-15-7-10/h6-9,11-12H,2-5,13H2,1H3. The third-order valence-corrected chi connectivity index (χ3v) is 5.38. The Kier molecular flexibility index (Phi) is 3.97. The zero-order valence-corrected chi connectivity index (χ0v) is 11.3. The molecule has 3 unspecified atom stereocenters. The van der Waals surface area contributed by atoms with Gasteiger partial charge in [0.25, 0.3) is 0 Å². The molecule has 2 N–H and O–H groups in total. The summed E-state index contributed by atoms with van der Waals surface area (Å²) in [7, 11) is -2.96. The van der Waals surface area contributed by atoms with Crippen molar-refractivity contribution in [3.05, 3.63) is 24.3 Å². The van der Waals surface area contributed by atoms with Gasteiger partial charge in [0.1, 0.15) is 16.2 Å². The largest absolute Gasteiger partial charge is 0.324 e. The Labute approximate surface area is 108 Å². The first-order chi connectivity index (χ1) is 8.48. The first-order valence-electron chi connectivity index (χ1n) is 6.18. The molecule has 1 aromatic heterocycles. The number of sulfone groups is 1. The van der Waals surface area contributed by atoms with E-state index in [2.05, 4.69) is 9.97 Å². The van der Waals surface area contributed by atoms with E-state index in [9.17, 15) is 8.42 Å². The Morgan fingerprint density at radius 2 is 2.00 bits per heavy atom. The molecule has 100 valence electrons. The summed E-state index contributed by atoms with van der Waals surface area (Å²) in [4.78, 5) is 7.92. The van der Waals surface area contributed by atoms with E-state index < -0.39 is 9.84 Å². The number of hydrogen-bond acceptors (Lipinski definition) is 5. The lowest BCUT2D eigenvalue weighted by molar-refractivity contribution is 0.308. The van der Waals surface area contributed by atoms with Crippen molar-refractivity contribution in [2.45, 2.75) is 37.0 Å². The SMILES string of the molecule is CS(=O)(=O)C1CCCC(C(N)c2cncnc2)C1. The average Bonchev–Trinajstić information content (AvgIpc) is 2.38. The minimum atomic E-state index is -2.96. The van der Waals surface area contributed by atoms with Gasteiger partial charge < -0.3 is 5.73 Å².